The molecular formula is C21H28ClN3O2. The Morgan fingerprint density at radius 1 is 0.963 bits per heavy atom. The van der Waals surface area contributed by atoms with Gasteiger partial charge in [0.2, 0.25) is 11.8 Å². The molecule has 1 aliphatic carbocycles. The molecule has 27 heavy (non-hydrogen) atoms. The minimum atomic E-state index is -0.361. The molecule has 1 saturated carbocycles. The summed E-state index contributed by atoms with van der Waals surface area (Å²) in [5.41, 5.74) is 0.798. The summed E-state index contributed by atoms with van der Waals surface area (Å²) in [4.78, 5) is 31.6. The molecule has 2 amide bonds. The van der Waals surface area contributed by atoms with Gasteiger partial charge in [-0.3, -0.25) is 19.4 Å². The maximum absolute atomic E-state index is 12.9. The number of amides is 2. The molecule has 0 N–H and O–H groups in total. The standard InChI is InChI=1S/C21H28ClN3O2/c22-17-5-4-6-18(15-17)24-12-9-23(10-13-24)11-14-25-19(26)16-21(20(25)27)7-2-1-3-8-21/h4-6,15H,1-3,7-14,16H2. The van der Waals surface area contributed by atoms with Crippen molar-refractivity contribution in [2.24, 2.45) is 5.41 Å². The van der Waals surface area contributed by atoms with Crippen LogP contribution < -0.4 is 4.90 Å². The minimum absolute atomic E-state index is 0.0412. The molecule has 0 aromatic heterocycles. The van der Waals surface area contributed by atoms with Crippen LogP contribution in [-0.4, -0.2) is 60.9 Å². The van der Waals surface area contributed by atoms with Crippen LogP contribution in [0.15, 0.2) is 24.3 Å². The van der Waals surface area contributed by atoms with E-state index >= 15 is 0 Å². The van der Waals surface area contributed by atoms with Gasteiger partial charge >= 0.3 is 0 Å². The molecule has 4 rings (SSSR count). The summed E-state index contributed by atoms with van der Waals surface area (Å²) in [7, 11) is 0. The Labute approximate surface area is 166 Å². The summed E-state index contributed by atoms with van der Waals surface area (Å²) < 4.78 is 0. The molecule has 1 spiro atoms. The van der Waals surface area contributed by atoms with Crippen molar-refractivity contribution >= 4 is 29.1 Å². The summed E-state index contributed by atoms with van der Waals surface area (Å²) in [6, 6.07) is 7.97. The highest BCUT2D eigenvalue weighted by molar-refractivity contribution is 6.30. The van der Waals surface area contributed by atoms with E-state index in [1.54, 1.807) is 4.90 Å². The summed E-state index contributed by atoms with van der Waals surface area (Å²) in [6.45, 7) is 5.06. The molecule has 2 heterocycles. The van der Waals surface area contributed by atoms with Gasteiger partial charge in [-0.25, -0.2) is 0 Å². The van der Waals surface area contributed by atoms with Crippen LogP contribution in [0, 0.1) is 5.41 Å². The maximum atomic E-state index is 12.9. The fourth-order valence-corrected chi connectivity index (χ4v) is 5.03. The number of hydrogen-bond donors (Lipinski definition) is 0. The highest BCUT2D eigenvalue weighted by Crippen LogP contribution is 2.45. The van der Waals surface area contributed by atoms with E-state index in [1.807, 2.05) is 18.2 Å². The van der Waals surface area contributed by atoms with Crippen molar-refractivity contribution in [3.8, 4) is 0 Å². The van der Waals surface area contributed by atoms with Crippen molar-refractivity contribution in [2.75, 3.05) is 44.2 Å². The number of piperazine rings is 1. The fourth-order valence-electron chi connectivity index (χ4n) is 4.85. The lowest BCUT2D eigenvalue weighted by Gasteiger charge is -2.37. The van der Waals surface area contributed by atoms with Gasteiger partial charge < -0.3 is 4.90 Å². The number of halogens is 1. The van der Waals surface area contributed by atoms with Gasteiger partial charge in [-0.1, -0.05) is 36.9 Å². The van der Waals surface area contributed by atoms with Gasteiger partial charge in [-0.05, 0) is 31.0 Å². The van der Waals surface area contributed by atoms with Crippen LogP contribution in [0.4, 0.5) is 5.69 Å². The Morgan fingerprint density at radius 3 is 2.41 bits per heavy atom. The topological polar surface area (TPSA) is 43.9 Å². The lowest BCUT2D eigenvalue weighted by molar-refractivity contribution is -0.142. The normalized spacial score (nSPS) is 23.4. The highest BCUT2D eigenvalue weighted by atomic mass is 35.5. The number of carbonyl (C=O) groups is 2. The van der Waals surface area contributed by atoms with Gasteiger partial charge in [0.1, 0.15) is 0 Å². The van der Waals surface area contributed by atoms with E-state index in [9.17, 15) is 9.59 Å². The van der Waals surface area contributed by atoms with Crippen molar-refractivity contribution in [1.29, 1.82) is 0 Å². The molecule has 3 fully saturated rings. The molecule has 3 aliphatic rings. The average molecular weight is 390 g/mol. The van der Waals surface area contributed by atoms with Crippen LogP contribution in [0.2, 0.25) is 5.02 Å². The Morgan fingerprint density at radius 2 is 1.70 bits per heavy atom. The smallest absolute Gasteiger partial charge is 0.235 e. The zero-order valence-corrected chi connectivity index (χ0v) is 16.6. The van der Waals surface area contributed by atoms with Crippen LogP contribution >= 0.6 is 11.6 Å². The number of imide groups is 1. The van der Waals surface area contributed by atoms with Crippen LogP contribution in [0.5, 0.6) is 0 Å². The summed E-state index contributed by atoms with van der Waals surface area (Å²) in [5, 5.41) is 0.762. The van der Waals surface area contributed by atoms with Gasteiger partial charge in [0.15, 0.2) is 0 Å². The van der Waals surface area contributed by atoms with Crippen molar-refractivity contribution in [3.05, 3.63) is 29.3 Å². The number of nitrogens with zero attached hydrogens (tertiary/aromatic N) is 3. The molecule has 0 unspecified atom stereocenters. The third-order valence-electron chi connectivity index (χ3n) is 6.49. The van der Waals surface area contributed by atoms with E-state index in [0.29, 0.717) is 13.0 Å². The molecule has 0 atom stereocenters. The van der Waals surface area contributed by atoms with E-state index in [4.69, 9.17) is 11.6 Å². The molecule has 146 valence electrons. The minimum Gasteiger partial charge on any atom is -0.369 e. The number of anilines is 1. The van der Waals surface area contributed by atoms with Crippen LogP contribution in [-0.2, 0) is 9.59 Å². The van der Waals surface area contributed by atoms with E-state index in [0.717, 1.165) is 69.1 Å². The summed E-state index contributed by atoms with van der Waals surface area (Å²) >= 11 is 6.10. The average Bonchev–Trinajstić information content (AvgIpc) is 2.90. The lowest BCUT2D eigenvalue weighted by atomic mass is 9.73. The third-order valence-corrected chi connectivity index (χ3v) is 6.72. The molecule has 1 aromatic rings. The first-order chi connectivity index (χ1) is 13.1. The lowest BCUT2D eigenvalue weighted by Crippen LogP contribution is -2.49. The summed E-state index contributed by atoms with van der Waals surface area (Å²) in [5.74, 6) is 0.143. The Balaban J connectivity index is 1.29. The third kappa shape index (κ3) is 3.85. The summed E-state index contributed by atoms with van der Waals surface area (Å²) in [6.07, 6.45) is 5.59. The van der Waals surface area contributed by atoms with Gasteiger partial charge in [-0.2, -0.15) is 0 Å². The molecule has 2 saturated heterocycles. The van der Waals surface area contributed by atoms with Crippen LogP contribution in [0.1, 0.15) is 38.5 Å². The number of benzene rings is 1. The van der Waals surface area contributed by atoms with Crippen molar-refractivity contribution in [3.63, 3.8) is 0 Å². The quantitative estimate of drug-likeness (QED) is 0.742. The fraction of sp³-hybridized carbons (Fsp3) is 0.619. The molecule has 2 aliphatic heterocycles. The first kappa shape index (κ1) is 18.8. The largest absolute Gasteiger partial charge is 0.369 e. The van der Waals surface area contributed by atoms with E-state index in [1.165, 1.54) is 6.42 Å². The SMILES string of the molecule is O=C1CC2(CCCCC2)C(=O)N1CCN1CCN(c2cccc(Cl)c2)CC1. The van der Waals surface area contributed by atoms with Gasteiger partial charge in [-0.15, -0.1) is 0 Å². The second kappa shape index (κ2) is 7.80. The molecular weight excluding hydrogens is 362 g/mol. The van der Waals surface area contributed by atoms with E-state index in [2.05, 4.69) is 15.9 Å². The zero-order valence-electron chi connectivity index (χ0n) is 15.8. The predicted octanol–water partition coefficient (Wildman–Crippen LogP) is 3.17. The Bertz CT molecular complexity index is 709. The number of likely N-dealkylation sites (tertiary alicyclic amines) is 1. The molecule has 5 nitrogen and oxygen atoms in total. The maximum Gasteiger partial charge on any atom is 0.235 e. The van der Waals surface area contributed by atoms with Crippen molar-refractivity contribution in [1.82, 2.24) is 9.80 Å². The van der Waals surface area contributed by atoms with Crippen molar-refractivity contribution < 1.29 is 9.59 Å². The number of rotatable bonds is 4. The Kier molecular flexibility index (Phi) is 5.42. The van der Waals surface area contributed by atoms with E-state index in [-0.39, 0.29) is 17.2 Å². The van der Waals surface area contributed by atoms with Gasteiger partial charge in [0.25, 0.3) is 0 Å². The van der Waals surface area contributed by atoms with Gasteiger partial charge in [0, 0.05) is 56.4 Å². The first-order valence-electron chi connectivity index (χ1n) is 10.2. The number of carbonyl (C=O) groups excluding carboxylic acids is 2. The molecule has 0 radical (unpaired) electrons. The van der Waals surface area contributed by atoms with Crippen LogP contribution in [0.25, 0.3) is 0 Å². The first-order valence-corrected chi connectivity index (χ1v) is 10.5. The van der Waals surface area contributed by atoms with E-state index < -0.39 is 0 Å². The Hall–Kier alpha value is -1.59. The predicted molar refractivity (Wildman–Crippen MR) is 107 cm³/mol. The number of hydrogen-bond acceptors (Lipinski definition) is 4. The second-order valence-corrected chi connectivity index (χ2v) is 8.61. The molecule has 1 aromatic carbocycles. The zero-order chi connectivity index (χ0) is 18.9. The monoisotopic (exact) mass is 389 g/mol. The molecule has 0 bridgehead atoms. The van der Waals surface area contributed by atoms with Crippen molar-refractivity contribution in [2.45, 2.75) is 38.5 Å². The molecule has 6 heteroatoms. The van der Waals surface area contributed by atoms with Crippen LogP contribution in [0.3, 0.4) is 0 Å². The second-order valence-electron chi connectivity index (χ2n) is 8.18. The van der Waals surface area contributed by atoms with Gasteiger partial charge in [0.05, 0.1) is 5.41 Å². The highest BCUT2D eigenvalue weighted by Gasteiger charge is 2.51.